The van der Waals surface area contributed by atoms with Crippen LogP contribution in [0.3, 0.4) is 0 Å². The average molecular weight is 395 g/mol. The molecule has 1 N–H and O–H groups in total. The largest absolute Gasteiger partial charge is 0.484 e. The Morgan fingerprint density at radius 2 is 1.83 bits per heavy atom. The number of esters is 1. The lowest BCUT2D eigenvalue weighted by atomic mass is 10.2. The summed E-state index contributed by atoms with van der Waals surface area (Å²) < 4.78 is 15.7. The molecule has 1 aromatic heterocycles. The Labute approximate surface area is 167 Å². The predicted octanol–water partition coefficient (Wildman–Crippen LogP) is 3.71. The monoisotopic (exact) mass is 395 g/mol. The second kappa shape index (κ2) is 10.0. The van der Waals surface area contributed by atoms with Gasteiger partial charge in [0.2, 0.25) is 12.3 Å². The van der Waals surface area contributed by atoms with Gasteiger partial charge >= 0.3 is 5.97 Å². The number of nitrogens with zero attached hydrogens (tertiary/aromatic N) is 2. The van der Waals surface area contributed by atoms with Crippen LogP contribution in [0, 0.1) is 0 Å². The van der Waals surface area contributed by atoms with E-state index < -0.39 is 0 Å². The van der Waals surface area contributed by atoms with Crippen LogP contribution in [-0.4, -0.2) is 35.3 Å². The van der Waals surface area contributed by atoms with Crippen molar-refractivity contribution in [3.05, 3.63) is 60.5 Å². The summed E-state index contributed by atoms with van der Waals surface area (Å²) in [4.78, 5) is 23.9. The molecule has 0 bridgehead atoms. The molecule has 29 heavy (non-hydrogen) atoms. The maximum atomic E-state index is 12.1. The lowest BCUT2D eigenvalue weighted by Crippen LogP contribution is -2.20. The van der Waals surface area contributed by atoms with Crippen molar-refractivity contribution in [2.75, 3.05) is 18.5 Å². The number of hydrogen-bond donors (Lipinski definition) is 1. The Balaban J connectivity index is 1.46. The van der Waals surface area contributed by atoms with E-state index in [0.717, 1.165) is 18.4 Å². The highest BCUT2D eigenvalue weighted by atomic mass is 16.5. The maximum absolute atomic E-state index is 12.1. The van der Waals surface area contributed by atoms with E-state index in [4.69, 9.17) is 13.9 Å². The molecule has 0 radical (unpaired) electrons. The van der Waals surface area contributed by atoms with Crippen LogP contribution in [0.1, 0.15) is 30.1 Å². The molecular formula is C21H21N3O5. The minimum atomic E-state index is -0.372. The van der Waals surface area contributed by atoms with Crippen LogP contribution in [0.2, 0.25) is 0 Å². The molecule has 0 atom stereocenters. The van der Waals surface area contributed by atoms with Crippen molar-refractivity contribution in [1.82, 2.24) is 10.2 Å². The number of unbranched alkanes of at least 4 members (excludes halogenated alkanes) is 1. The van der Waals surface area contributed by atoms with Gasteiger partial charge in [-0.05, 0) is 55.0 Å². The highest BCUT2D eigenvalue weighted by Gasteiger charge is 2.09. The molecule has 0 fully saturated rings. The summed E-state index contributed by atoms with van der Waals surface area (Å²) in [5.74, 6) is 0.258. The molecule has 3 rings (SSSR count). The fourth-order valence-corrected chi connectivity index (χ4v) is 2.42. The molecule has 3 aromatic rings. The highest BCUT2D eigenvalue weighted by Crippen LogP contribution is 2.20. The smallest absolute Gasteiger partial charge is 0.338 e. The summed E-state index contributed by atoms with van der Waals surface area (Å²) in [5, 5.41) is 10.2. The van der Waals surface area contributed by atoms with Gasteiger partial charge in [0.1, 0.15) is 5.75 Å². The van der Waals surface area contributed by atoms with Crippen LogP contribution in [0.4, 0.5) is 5.69 Å². The van der Waals surface area contributed by atoms with Gasteiger partial charge in [0.15, 0.2) is 6.61 Å². The Kier molecular flexibility index (Phi) is 6.94. The van der Waals surface area contributed by atoms with Crippen molar-refractivity contribution in [3.63, 3.8) is 0 Å². The summed E-state index contributed by atoms with van der Waals surface area (Å²) in [6.07, 6.45) is 3.05. The van der Waals surface area contributed by atoms with Gasteiger partial charge in [-0.3, -0.25) is 4.79 Å². The Hall–Kier alpha value is -3.68. The molecule has 0 unspecified atom stereocenters. The predicted molar refractivity (Wildman–Crippen MR) is 105 cm³/mol. The van der Waals surface area contributed by atoms with Gasteiger partial charge < -0.3 is 19.2 Å². The zero-order chi connectivity index (χ0) is 20.5. The van der Waals surface area contributed by atoms with E-state index in [9.17, 15) is 9.59 Å². The second-order valence-electron chi connectivity index (χ2n) is 6.17. The molecule has 0 aliphatic heterocycles. The first-order chi connectivity index (χ1) is 14.2. The van der Waals surface area contributed by atoms with Crippen LogP contribution in [0.5, 0.6) is 5.75 Å². The van der Waals surface area contributed by atoms with Gasteiger partial charge in [0.05, 0.1) is 12.2 Å². The maximum Gasteiger partial charge on any atom is 0.338 e. The van der Waals surface area contributed by atoms with Crippen molar-refractivity contribution in [2.45, 2.75) is 19.8 Å². The highest BCUT2D eigenvalue weighted by molar-refractivity contribution is 5.93. The van der Waals surface area contributed by atoms with Crippen LogP contribution >= 0.6 is 0 Å². The number of aromatic nitrogens is 2. The summed E-state index contributed by atoms with van der Waals surface area (Å²) in [7, 11) is 0. The first-order valence-electron chi connectivity index (χ1n) is 9.22. The number of benzene rings is 2. The van der Waals surface area contributed by atoms with E-state index >= 15 is 0 Å². The molecule has 1 heterocycles. The number of carbonyl (C=O) groups excluding carboxylic acids is 2. The van der Waals surface area contributed by atoms with Gasteiger partial charge in [-0.1, -0.05) is 13.3 Å². The summed E-state index contributed by atoms with van der Waals surface area (Å²) in [6.45, 7) is 2.28. The minimum Gasteiger partial charge on any atom is -0.484 e. The van der Waals surface area contributed by atoms with Crippen molar-refractivity contribution in [3.8, 4) is 17.2 Å². The average Bonchev–Trinajstić information content (AvgIpc) is 3.28. The van der Waals surface area contributed by atoms with E-state index in [2.05, 4.69) is 15.5 Å². The van der Waals surface area contributed by atoms with Gasteiger partial charge in [-0.2, -0.15) is 0 Å². The molecule has 8 nitrogen and oxygen atoms in total. The van der Waals surface area contributed by atoms with Gasteiger partial charge in [0.25, 0.3) is 5.91 Å². The quantitative estimate of drug-likeness (QED) is 0.435. The molecule has 2 aromatic carbocycles. The first-order valence-corrected chi connectivity index (χ1v) is 9.22. The fourth-order valence-electron chi connectivity index (χ4n) is 2.42. The van der Waals surface area contributed by atoms with Crippen LogP contribution in [-0.2, 0) is 9.53 Å². The van der Waals surface area contributed by atoms with Crippen molar-refractivity contribution >= 4 is 17.6 Å². The van der Waals surface area contributed by atoms with Crippen molar-refractivity contribution < 1.29 is 23.5 Å². The number of carbonyl (C=O) groups is 2. The third-order valence-electron chi connectivity index (χ3n) is 3.97. The standard InChI is InChI=1S/C21H21N3O5/c1-2-3-12-27-21(26)16-4-8-17(9-5-16)23-19(25)13-28-18-10-6-15(7-11-18)20-24-22-14-29-20/h4-11,14H,2-3,12-13H2,1H3,(H,23,25). The van der Waals surface area contributed by atoms with Gasteiger partial charge in [0, 0.05) is 11.3 Å². The molecule has 1 amide bonds. The van der Waals surface area contributed by atoms with E-state index in [1.807, 2.05) is 6.92 Å². The van der Waals surface area contributed by atoms with E-state index in [0.29, 0.717) is 29.5 Å². The molecular weight excluding hydrogens is 374 g/mol. The number of ether oxygens (including phenoxy) is 2. The van der Waals surface area contributed by atoms with Crippen molar-refractivity contribution in [2.24, 2.45) is 0 Å². The summed E-state index contributed by atoms with van der Waals surface area (Å²) in [5.41, 5.74) is 1.76. The van der Waals surface area contributed by atoms with E-state index in [1.165, 1.54) is 6.39 Å². The van der Waals surface area contributed by atoms with E-state index in [1.54, 1.807) is 48.5 Å². The minimum absolute atomic E-state index is 0.152. The zero-order valence-electron chi connectivity index (χ0n) is 16.0. The topological polar surface area (TPSA) is 104 Å². The normalized spacial score (nSPS) is 10.4. The number of amides is 1. The number of nitrogens with one attached hydrogen (secondary N) is 1. The Morgan fingerprint density at radius 3 is 2.48 bits per heavy atom. The molecule has 0 aliphatic rings. The van der Waals surface area contributed by atoms with E-state index in [-0.39, 0.29) is 18.5 Å². The molecule has 0 aliphatic carbocycles. The summed E-state index contributed by atoms with van der Waals surface area (Å²) in [6, 6.07) is 13.5. The molecule has 150 valence electrons. The van der Waals surface area contributed by atoms with Gasteiger partial charge in [-0.25, -0.2) is 4.79 Å². The fraction of sp³-hybridized carbons (Fsp3) is 0.238. The van der Waals surface area contributed by atoms with Crippen molar-refractivity contribution in [1.29, 1.82) is 0 Å². The second-order valence-corrected chi connectivity index (χ2v) is 6.17. The first kappa shape index (κ1) is 20.1. The van der Waals surface area contributed by atoms with Crippen LogP contribution in [0.15, 0.2) is 59.3 Å². The third kappa shape index (κ3) is 5.90. The van der Waals surface area contributed by atoms with Crippen LogP contribution in [0.25, 0.3) is 11.5 Å². The molecule has 8 heteroatoms. The zero-order valence-corrected chi connectivity index (χ0v) is 16.0. The lowest BCUT2D eigenvalue weighted by molar-refractivity contribution is -0.118. The van der Waals surface area contributed by atoms with Gasteiger partial charge in [-0.15, -0.1) is 10.2 Å². The number of anilines is 1. The summed E-state index contributed by atoms with van der Waals surface area (Å²) >= 11 is 0. The number of hydrogen-bond acceptors (Lipinski definition) is 7. The molecule has 0 saturated heterocycles. The SMILES string of the molecule is CCCCOC(=O)c1ccc(NC(=O)COc2ccc(-c3nnco3)cc2)cc1. The molecule has 0 saturated carbocycles. The van der Waals surface area contributed by atoms with Crippen LogP contribution < -0.4 is 10.1 Å². The number of rotatable bonds is 9. The Morgan fingerprint density at radius 1 is 1.07 bits per heavy atom. The lowest BCUT2D eigenvalue weighted by Gasteiger charge is -2.09. The Bertz CT molecular complexity index is 922. The molecule has 0 spiro atoms. The third-order valence-corrected chi connectivity index (χ3v) is 3.97.